The summed E-state index contributed by atoms with van der Waals surface area (Å²) in [7, 11) is 0. The first-order valence-electron chi connectivity index (χ1n) is 10.4. The molecule has 0 spiro atoms. The van der Waals surface area contributed by atoms with E-state index in [1.165, 1.54) is 12.1 Å². The second-order valence-corrected chi connectivity index (χ2v) is 8.11. The normalized spacial score (nSPS) is 22.3. The molecule has 3 atom stereocenters. The van der Waals surface area contributed by atoms with Crippen molar-refractivity contribution >= 4 is 17.5 Å². The number of anilines is 1. The van der Waals surface area contributed by atoms with Gasteiger partial charge in [-0.3, -0.25) is 4.79 Å². The summed E-state index contributed by atoms with van der Waals surface area (Å²) in [6, 6.07) is 26.3. The highest BCUT2D eigenvalue weighted by Gasteiger charge is 2.63. The molecule has 5 nitrogen and oxygen atoms in total. The van der Waals surface area contributed by atoms with E-state index < -0.39 is 23.4 Å². The van der Waals surface area contributed by atoms with E-state index in [0.29, 0.717) is 11.1 Å². The lowest BCUT2D eigenvalue weighted by atomic mass is 9.69. The van der Waals surface area contributed by atoms with Gasteiger partial charge in [0.15, 0.2) is 11.2 Å². The number of carbonyl (C=O) groups is 1. The number of para-hydroxylation sites is 1. The lowest BCUT2D eigenvalue weighted by Crippen LogP contribution is -2.44. The fourth-order valence-corrected chi connectivity index (χ4v) is 5.06. The van der Waals surface area contributed by atoms with Crippen LogP contribution in [-0.4, -0.2) is 23.0 Å². The molecule has 0 aliphatic carbocycles. The molecular weight excluding hydrogens is 398 g/mol. The van der Waals surface area contributed by atoms with Gasteiger partial charge >= 0.3 is 0 Å². The number of nitriles is 2. The number of benzene rings is 3. The summed E-state index contributed by atoms with van der Waals surface area (Å²) in [4.78, 5) is 15.9. The highest BCUT2D eigenvalue weighted by molar-refractivity contribution is 6.04. The molecule has 0 saturated carbocycles. The van der Waals surface area contributed by atoms with E-state index in [1.54, 1.807) is 36.4 Å². The summed E-state index contributed by atoms with van der Waals surface area (Å²) in [6.45, 7) is 0. The summed E-state index contributed by atoms with van der Waals surface area (Å²) in [5, 5.41) is 30.5. The number of ketones is 1. The average Bonchev–Trinajstić information content (AvgIpc) is 3.15. The summed E-state index contributed by atoms with van der Waals surface area (Å²) in [5.41, 5.74) is 1.46. The van der Waals surface area contributed by atoms with E-state index in [1.807, 2.05) is 47.4 Å². The Morgan fingerprint density at radius 3 is 2.25 bits per heavy atom. The number of phenols is 1. The number of hydrogen-bond acceptors (Lipinski definition) is 5. The van der Waals surface area contributed by atoms with Crippen molar-refractivity contribution in [2.24, 2.45) is 5.41 Å². The van der Waals surface area contributed by atoms with Gasteiger partial charge in [0.1, 0.15) is 11.8 Å². The number of nitrogens with zero attached hydrogens (tertiary/aromatic N) is 3. The van der Waals surface area contributed by atoms with Gasteiger partial charge in [0.25, 0.3) is 0 Å². The maximum absolute atomic E-state index is 13.9. The van der Waals surface area contributed by atoms with Crippen LogP contribution in [0.1, 0.15) is 27.4 Å². The Morgan fingerprint density at radius 2 is 1.56 bits per heavy atom. The first kappa shape index (κ1) is 19.6. The molecule has 0 aromatic heterocycles. The smallest absolute Gasteiger partial charge is 0.185 e. The second kappa shape index (κ2) is 7.41. The van der Waals surface area contributed by atoms with E-state index in [-0.39, 0.29) is 11.5 Å². The Morgan fingerprint density at radius 1 is 0.906 bits per heavy atom. The van der Waals surface area contributed by atoms with Gasteiger partial charge in [-0.15, -0.1) is 0 Å². The molecule has 0 bridgehead atoms. The summed E-state index contributed by atoms with van der Waals surface area (Å²) < 4.78 is 0. The van der Waals surface area contributed by atoms with Crippen LogP contribution in [0.15, 0.2) is 84.9 Å². The minimum atomic E-state index is -1.49. The zero-order valence-corrected chi connectivity index (χ0v) is 17.1. The molecule has 0 amide bonds. The topological polar surface area (TPSA) is 88.1 Å². The van der Waals surface area contributed by atoms with E-state index in [0.717, 1.165) is 11.3 Å². The zero-order valence-electron chi connectivity index (χ0n) is 17.1. The Hall–Kier alpha value is -4.35. The van der Waals surface area contributed by atoms with Crippen LogP contribution in [0.2, 0.25) is 0 Å². The van der Waals surface area contributed by atoms with Crippen molar-refractivity contribution < 1.29 is 9.90 Å². The molecule has 0 radical (unpaired) electrons. The van der Waals surface area contributed by atoms with Gasteiger partial charge in [-0.1, -0.05) is 72.8 Å². The van der Waals surface area contributed by atoms with Crippen molar-refractivity contribution in [2.45, 2.75) is 18.0 Å². The van der Waals surface area contributed by atoms with E-state index in [2.05, 4.69) is 12.1 Å². The molecule has 3 aromatic rings. The van der Waals surface area contributed by atoms with E-state index in [9.17, 15) is 20.4 Å². The van der Waals surface area contributed by atoms with Gasteiger partial charge in [0.2, 0.25) is 0 Å². The zero-order chi connectivity index (χ0) is 22.3. The predicted octanol–water partition coefficient (Wildman–Crippen LogP) is 4.68. The lowest BCUT2D eigenvalue weighted by Gasteiger charge is -2.35. The molecule has 2 heterocycles. The summed E-state index contributed by atoms with van der Waals surface area (Å²) in [5.74, 6) is -0.780. The first-order chi connectivity index (χ1) is 15.6. The maximum Gasteiger partial charge on any atom is 0.185 e. The van der Waals surface area contributed by atoms with E-state index in [4.69, 9.17) is 0 Å². The molecule has 32 heavy (non-hydrogen) atoms. The highest BCUT2D eigenvalue weighted by atomic mass is 16.3. The molecule has 154 valence electrons. The number of carbonyl (C=O) groups excluding carboxylic acids is 1. The van der Waals surface area contributed by atoms with Gasteiger partial charge < -0.3 is 10.0 Å². The van der Waals surface area contributed by atoms with Crippen LogP contribution in [0.25, 0.3) is 6.08 Å². The van der Waals surface area contributed by atoms with Crippen molar-refractivity contribution in [2.75, 3.05) is 4.90 Å². The third-order valence-corrected chi connectivity index (χ3v) is 6.49. The number of phenolic OH excluding ortho intramolecular Hbond substituents is 1. The fraction of sp³-hybridized carbons (Fsp3) is 0.148. The molecular formula is C27H19N3O2. The highest BCUT2D eigenvalue weighted by Crippen LogP contribution is 2.55. The van der Waals surface area contributed by atoms with Gasteiger partial charge in [0.05, 0.1) is 18.2 Å². The lowest BCUT2D eigenvalue weighted by molar-refractivity contribution is 0.0951. The maximum atomic E-state index is 13.9. The van der Waals surface area contributed by atoms with Gasteiger partial charge in [-0.05, 0) is 29.3 Å². The Balaban J connectivity index is 1.79. The van der Waals surface area contributed by atoms with Crippen molar-refractivity contribution in [1.82, 2.24) is 0 Å². The van der Waals surface area contributed by atoms with Crippen LogP contribution >= 0.6 is 0 Å². The standard InChI is InChI=1S/C27H19N3O2/c28-16-27(17-29)23-15-12-18-6-4-5-9-22(18)30(23)25(26(32)20-7-2-1-3-8-20)24(27)19-10-13-21(31)14-11-19/h1-15,23-25,31H/t23-,24-,25+/m1/s1. The van der Waals surface area contributed by atoms with Crippen molar-refractivity contribution in [3.63, 3.8) is 0 Å². The monoisotopic (exact) mass is 417 g/mol. The van der Waals surface area contributed by atoms with Crippen LogP contribution in [0.3, 0.4) is 0 Å². The molecule has 3 aromatic carbocycles. The number of fused-ring (bicyclic) bond motifs is 3. The number of Topliss-reactive ketones (excluding diaryl/α,β-unsaturated/α-hetero) is 1. The third-order valence-electron chi connectivity index (χ3n) is 6.49. The molecule has 1 N–H and O–H groups in total. The van der Waals surface area contributed by atoms with E-state index >= 15 is 0 Å². The summed E-state index contributed by atoms with van der Waals surface area (Å²) >= 11 is 0. The Labute approximate surface area is 186 Å². The van der Waals surface area contributed by atoms with Crippen LogP contribution in [0, 0.1) is 28.1 Å². The molecule has 0 unspecified atom stereocenters. The number of aromatic hydroxyl groups is 1. The third kappa shape index (κ3) is 2.72. The average molecular weight is 417 g/mol. The largest absolute Gasteiger partial charge is 0.508 e. The van der Waals surface area contributed by atoms with Crippen LogP contribution in [0.4, 0.5) is 5.69 Å². The molecule has 5 rings (SSSR count). The van der Waals surface area contributed by atoms with Gasteiger partial charge in [-0.25, -0.2) is 0 Å². The van der Waals surface area contributed by atoms with Crippen molar-refractivity contribution in [3.05, 3.63) is 102 Å². The van der Waals surface area contributed by atoms with Crippen molar-refractivity contribution in [3.8, 4) is 17.9 Å². The first-order valence-corrected chi connectivity index (χ1v) is 10.4. The van der Waals surface area contributed by atoms with Crippen LogP contribution in [-0.2, 0) is 0 Å². The van der Waals surface area contributed by atoms with Crippen LogP contribution < -0.4 is 4.90 Å². The Kier molecular flexibility index (Phi) is 4.54. The predicted molar refractivity (Wildman–Crippen MR) is 121 cm³/mol. The fourth-order valence-electron chi connectivity index (χ4n) is 5.06. The molecule has 2 aliphatic rings. The molecule has 2 aliphatic heterocycles. The van der Waals surface area contributed by atoms with Crippen molar-refractivity contribution in [1.29, 1.82) is 10.5 Å². The molecule has 1 saturated heterocycles. The Bertz CT molecular complexity index is 1290. The number of hydrogen-bond donors (Lipinski definition) is 1. The van der Waals surface area contributed by atoms with Crippen LogP contribution in [0.5, 0.6) is 5.75 Å². The second-order valence-electron chi connectivity index (χ2n) is 8.11. The number of rotatable bonds is 3. The minimum Gasteiger partial charge on any atom is -0.508 e. The summed E-state index contributed by atoms with van der Waals surface area (Å²) in [6.07, 6.45) is 3.78. The molecule has 5 heteroatoms. The van der Waals surface area contributed by atoms with Gasteiger partial charge in [0, 0.05) is 17.2 Å². The molecule has 1 fully saturated rings. The SMILES string of the molecule is N#CC1(C#N)[C@H](c2ccc(O)cc2)[C@@H](C(=O)c2ccccc2)N2c3ccccc3C=C[C@@H]21. The minimum absolute atomic E-state index is 0.0835. The quantitative estimate of drug-likeness (QED) is 0.626. The van der Waals surface area contributed by atoms with Gasteiger partial charge in [-0.2, -0.15) is 10.5 Å².